The van der Waals surface area contributed by atoms with Crippen LogP contribution in [0.2, 0.25) is 0 Å². The molecule has 0 amide bonds. The van der Waals surface area contributed by atoms with E-state index in [1.165, 1.54) is 0 Å². The molecule has 0 bridgehead atoms. The maximum absolute atomic E-state index is 13.1. The summed E-state index contributed by atoms with van der Waals surface area (Å²) in [6, 6.07) is 4.35. The standard InChI is InChI=1S/C25H35F2N9/c1-16(2)36-15-31-20-22(32-25(33-24(20)36)35-12-7-19(28)8-13-35)30-14-18-4-3-9-29-23(18)34-10-5-17(6-11-34)21(26)27/h3-4,9,15-17,19,21H,5-8,10-14,28H2,1-2H3,(H,30,32,33). The van der Waals surface area contributed by atoms with E-state index in [9.17, 15) is 8.78 Å². The van der Waals surface area contributed by atoms with Crippen molar-refractivity contribution >= 4 is 28.7 Å². The molecule has 11 heteroatoms. The fourth-order valence-electron chi connectivity index (χ4n) is 5.04. The summed E-state index contributed by atoms with van der Waals surface area (Å²) in [5.74, 6) is 1.66. The zero-order chi connectivity index (χ0) is 25.2. The number of pyridine rings is 1. The Morgan fingerprint density at radius 1 is 1.03 bits per heavy atom. The Morgan fingerprint density at radius 3 is 2.44 bits per heavy atom. The van der Waals surface area contributed by atoms with Crippen molar-refractivity contribution in [1.29, 1.82) is 0 Å². The fourth-order valence-corrected chi connectivity index (χ4v) is 5.04. The number of hydrogen-bond acceptors (Lipinski definition) is 8. The van der Waals surface area contributed by atoms with E-state index in [0.717, 1.165) is 48.5 Å². The Hall–Kier alpha value is -3.08. The highest BCUT2D eigenvalue weighted by atomic mass is 19.3. The van der Waals surface area contributed by atoms with Crippen LogP contribution in [0.4, 0.5) is 26.4 Å². The molecule has 2 aliphatic heterocycles. The summed E-state index contributed by atoms with van der Waals surface area (Å²) in [5.41, 5.74) is 8.63. The minimum atomic E-state index is -2.26. The van der Waals surface area contributed by atoms with Gasteiger partial charge in [-0.15, -0.1) is 0 Å². The summed E-state index contributed by atoms with van der Waals surface area (Å²) in [7, 11) is 0. The lowest BCUT2D eigenvalue weighted by Gasteiger charge is -2.33. The van der Waals surface area contributed by atoms with Crippen LogP contribution in [0.3, 0.4) is 0 Å². The van der Waals surface area contributed by atoms with Crippen LogP contribution in [0.1, 0.15) is 51.1 Å². The number of nitrogens with two attached hydrogens (primary N) is 1. The van der Waals surface area contributed by atoms with Gasteiger partial charge in [-0.25, -0.2) is 18.7 Å². The lowest BCUT2D eigenvalue weighted by Crippen LogP contribution is -2.40. The number of nitrogens with one attached hydrogen (secondary N) is 1. The van der Waals surface area contributed by atoms with Crippen molar-refractivity contribution in [3.8, 4) is 0 Å². The highest BCUT2D eigenvalue weighted by molar-refractivity contribution is 5.84. The van der Waals surface area contributed by atoms with Gasteiger partial charge in [0.1, 0.15) is 5.82 Å². The molecule has 0 saturated carbocycles. The molecular weight excluding hydrogens is 464 g/mol. The Labute approximate surface area is 210 Å². The van der Waals surface area contributed by atoms with E-state index in [-0.39, 0.29) is 12.1 Å². The number of anilines is 3. The first kappa shape index (κ1) is 24.6. The summed E-state index contributed by atoms with van der Waals surface area (Å²) in [4.78, 5) is 23.3. The summed E-state index contributed by atoms with van der Waals surface area (Å²) in [5, 5.41) is 3.49. The lowest BCUT2D eigenvalue weighted by atomic mass is 9.97. The lowest BCUT2D eigenvalue weighted by molar-refractivity contribution is 0.0635. The number of piperidine rings is 2. The first-order chi connectivity index (χ1) is 17.4. The highest BCUT2D eigenvalue weighted by Crippen LogP contribution is 2.30. The third-order valence-electron chi connectivity index (χ3n) is 7.30. The van der Waals surface area contributed by atoms with Crippen LogP contribution in [-0.2, 0) is 6.54 Å². The van der Waals surface area contributed by atoms with Gasteiger partial charge in [0, 0.05) is 62.5 Å². The van der Waals surface area contributed by atoms with Crippen molar-refractivity contribution in [3.05, 3.63) is 30.2 Å². The van der Waals surface area contributed by atoms with E-state index in [1.54, 1.807) is 6.20 Å². The zero-order valence-electron chi connectivity index (χ0n) is 20.9. The maximum atomic E-state index is 13.1. The molecule has 3 N–H and O–H groups in total. The largest absolute Gasteiger partial charge is 0.364 e. The second-order valence-electron chi connectivity index (χ2n) is 10.1. The highest BCUT2D eigenvalue weighted by Gasteiger charge is 2.28. The molecule has 3 aromatic heterocycles. The maximum Gasteiger partial charge on any atom is 0.241 e. The first-order valence-corrected chi connectivity index (χ1v) is 12.9. The van der Waals surface area contributed by atoms with E-state index in [4.69, 9.17) is 15.7 Å². The predicted octanol–water partition coefficient (Wildman–Crippen LogP) is 3.82. The van der Waals surface area contributed by atoms with Gasteiger partial charge < -0.3 is 25.4 Å². The molecule has 3 aromatic rings. The molecule has 5 heterocycles. The third kappa shape index (κ3) is 5.07. The number of alkyl halides is 2. The number of nitrogens with zero attached hydrogens (tertiary/aromatic N) is 7. The van der Waals surface area contributed by atoms with Crippen molar-refractivity contribution in [2.24, 2.45) is 11.7 Å². The quantitative estimate of drug-likeness (QED) is 0.506. The number of aromatic nitrogens is 5. The zero-order valence-corrected chi connectivity index (χ0v) is 20.9. The molecular formula is C25H35F2N9. The Bertz CT molecular complexity index is 1170. The van der Waals surface area contributed by atoms with Crippen LogP contribution in [0.25, 0.3) is 11.2 Å². The number of fused-ring (bicyclic) bond motifs is 1. The van der Waals surface area contributed by atoms with Crippen LogP contribution in [0, 0.1) is 5.92 Å². The van der Waals surface area contributed by atoms with Crippen molar-refractivity contribution in [2.45, 2.75) is 64.6 Å². The second-order valence-corrected chi connectivity index (χ2v) is 10.1. The van der Waals surface area contributed by atoms with Gasteiger partial charge in [-0.2, -0.15) is 9.97 Å². The van der Waals surface area contributed by atoms with Gasteiger partial charge in [0.2, 0.25) is 12.4 Å². The van der Waals surface area contributed by atoms with Crippen LogP contribution in [-0.4, -0.2) is 63.1 Å². The molecule has 194 valence electrons. The average molecular weight is 500 g/mol. The molecule has 0 atom stereocenters. The SMILES string of the molecule is CC(C)n1cnc2c(NCc3cccnc3N3CCC(C(F)F)CC3)nc(N3CCC(N)CC3)nc21. The average Bonchev–Trinajstić information content (AvgIpc) is 3.32. The van der Waals surface area contributed by atoms with E-state index >= 15 is 0 Å². The molecule has 0 aliphatic carbocycles. The summed E-state index contributed by atoms with van der Waals surface area (Å²) >= 11 is 0. The molecule has 0 unspecified atom stereocenters. The van der Waals surface area contributed by atoms with Crippen molar-refractivity contribution in [3.63, 3.8) is 0 Å². The molecule has 2 fully saturated rings. The normalized spacial score (nSPS) is 18.1. The van der Waals surface area contributed by atoms with Crippen LogP contribution in [0.5, 0.6) is 0 Å². The molecule has 36 heavy (non-hydrogen) atoms. The van der Waals surface area contributed by atoms with Gasteiger partial charge in [0.15, 0.2) is 17.0 Å². The van der Waals surface area contributed by atoms with Gasteiger partial charge in [-0.3, -0.25) is 0 Å². The smallest absolute Gasteiger partial charge is 0.241 e. The molecule has 5 rings (SSSR count). The van der Waals surface area contributed by atoms with Gasteiger partial charge in [0.05, 0.1) is 6.33 Å². The third-order valence-corrected chi connectivity index (χ3v) is 7.30. The van der Waals surface area contributed by atoms with Crippen LogP contribution < -0.4 is 20.9 Å². The summed E-state index contributed by atoms with van der Waals surface area (Å²) in [6.07, 6.45) is 4.08. The van der Waals surface area contributed by atoms with E-state index in [2.05, 4.69) is 43.5 Å². The minimum Gasteiger partial charge on any atom is -0.364 e. The molecule has 0 aromatic carbocycles. The predicted molar refractivity (Wildman–Crippen MR) is 138 cm³/mol. The first-order valence-electron chi connectivity index (χ1n) is 12.9. The number of rotatable bonds is 7. The van der Waals surface area contributed by atoms with Gasteiger partial charge in [-0.1, -0.05) is 6.07 Å². The molecule has 2 saturated heterocycles. The summed E-state index contributed by atoms with van der Waals surface area (Å²) < 4.78 is 28.3. The molecule has 0 radical (unpaired) electrons. The number of hydrogen-bond donors (Lipinski definition) is 2. The molecule has 2 aliphatic rings. The van der Waals surface area contributed by atoms with Crippen molar-refractivity contribution in [2.75, 3.05) is 41.3 Å². The fraction of sp³-hybridized carbons (Fsp3) is 0.600. The van der Waals surface area contributed by atoms with Crippen LogP contribution >= 0.6 is 0 Å². The monoisotopic (exact) mass is 499 g/mol. The Morgan fingerprint density at radius 2 is 1.75 bits per heavy atom. The molecule has 9 nitrogen and oxygen atoms in total. The van der Waals surface area contributed by atoms with Gasteiger partial charge >= 0.3 is 0 Å². The molecule has 0 spiro atoms. The van der Waals surface area contributed by atoms with E-state index in [0.29, 0.717) is 44.2 Å². The van der Waals surface area contributed by atoms with Gasteiger partial charge in [-0.05, 0) is 45.6 Å². The number of halogens is 2. The van der Waals surface area contributed by atoms with Gasteiger partial charge in [0.25, 0.3) is 0 Å². The van der Waals surface area contributed by atoms with Crippen LogP contribution in [0.15, 0.2) is 24.7 Å². The van der Waals surface area contributed by atoms with E-state index < -0.39 is 12.3 Å². The van der Waals surface area contributed by atoms with Crippen molar-refractivity contribution < 1.29 is 8.78 Å². The Kier molecular flexibility index (Phi) is 7.17. The summed E-state index contributed by atoms with van der Waals surface area (Å²) in [6.45, 7) is 7.51. The van der Waals surface area contributed by atoms with Crippen molar-refractivity contribution in [1.82, 2.24) is 24.5 Å². The minimum absolute atomic E-state index is 0.210. The Balaban J connectivity index is 1.40. The van der Waals surface area contributed by atoms with E-state index in [1.807, 2.05) is 18.5 Å². The number of imidazole rings is 1. The topological polar surface area (TPSA) is 101 Å². The second kappa shape index (κ2) is 10.5.